The standard InChI is InChI=1S/C9H7ClF3N3O2S2/c1-16-3-5(7(15-16)9(11,12)13)4-20(17,18)8-14-2-6(10)19-8/h2-3H,4H2,1H3. The largest absolute Gasteiger partial charge is 0.435 e. The van der Waals surface area contributed by atoms with Crippen LogP contribution < -0.4 is 0 Å². The van der Waals surface area contributed by atoms with Gasteiger partial charge in [0.25, 0.3) is 0 Å². The molecule has 0 bridgehead atoms. The van der Waals surface area contributed by atoms with Crippen LogP contribution in [0.1, 0.15) is 11.3 Å². The van der Waals surface area contributed by atoms with E-state index in [1.165, 1.54) is 7.05 Å². The van der Waals surface area contributed by atoms with Gasteiger partial charge in [-0.2, -0.15) is 18.3 Å². The van der Waals surface area contributed by atoms with Gasteiger partial charge in [0.05, 0.1) is 11.9 Å². The van der Waals surface area contributed by atoms with E-state index in [1.54, 1.807) is 0 Å². The van der Waals surface area contributed by atoms with E-state index in [2.05, 4.69) is 10.1 Å². The Morgan fingerprint density at radius 1 is 1.45 bits per heavy atom. The Bertz CT molecular complexity index is 736. The van der Waals surface area contributed by atoms with Crippen LogP contribution in [0.4, 0.5) is 13.2 Å². The molecule has 0 amide bonds. The number of hydrogen-bond donors (Lipinski definition) is 0. The monoisotopic (exact) mass is 345 g/mol. The molecular weight excluding hydrogens is 339 g/mol. The summed E-state index contributed by atoms with van der Waals surface area (Å²) >= 11 is 6.26. The van der Waals surface area contributed by atoms with E-state index in [4.69, 9.17) is 11.6 Å². The molecule has 11 heteroatoms. The van der Waals surface area contributed by atoms with Gasteiger partial charge in [0.1, 0.15) is 4.34 Å². The van der Waals surface area contributed by atoms with Gasteiger partial charge in [0, 0.05) is 18.8 Å². The smallest absolute Gasteiger partial charge is 0.275 e. The Labute approximate surface area is 120 Å². The Hall–Kier alpha value is -1.13. The van der Waals surface area contributed by atoms with E-state index in [1.807, 2.05) is 0 Å². The summed E-state index contributed by atoms with van der Waals surface area (Å²) in [5, 5.41) is 3.25. The fourth-order valence-electron chi connectivity index (χ4n) is 1.53. The average Bonchev–Trinajstić information content (AvgIpc) is 2.84. The fraction of sp³-hybridized carbons (Fsp3) is 0.333. The Balaban J connectivity index is 2.40. The highest BCUT2D eigenvalue weighted by molar-refractivity contribution is 7.92. The van der Waals surface area contributed by atoms with Crippen LogP contribution in [-0.2, 0) is 28.8 Å². The number of nitrogens with zero attached hydrogens (tertiary/aromatic N) is 3. The molecule has 0 N–H and O–H groups in total. The summed E-state index contributed by atoms with van der Waals surface area (Å²) in [4.78, 5) is 3.57. The van der Waals surface area contributed by atoms with Gasteiger partial charge in [-0.1, -0.05) is 22.9 Å². The van der Waals surface area contributed by atoms with Crippen molar-refractivity contribution >= 4 is 32.8 Å². The molecule has 2 aromatic rings. The first-order chi connectivity index (χ1) is 9.09. The molecule has 0 atom stereocenters. The highest BCUT2D eigenvalue weighted by Gasteiger charge is 2.38. The SMILES string of the molecule is Cn1cc(CS(=O)(=O)c2ncc(Cl)s2)c(C(F)(F)F)n1. The van der Waals surface area contributed by atoms with Gasteiger partial charge in [-0.15, -0.1) is 0 Å². The van der Waals surface area contributed by atoms with Gasteiger partial charge in [0.15, 0.2) is 5.69 Å². The van der Waals surface area contributed by atoms with Gasteiger partial charge >= 0.3 is 6.18 Å². The van der Waals surface area contributed by atoms with Crippen molar-refractivity contribution < 1.29 is 21.6 Å². The summed E-state index contributed by atoms with van der Waals surface area (Å²) in [6, 6.07) is 0. The second-order valence-corrected chi connectivity index (χ2v) is 7.69. The van der Waals surface area contributed by atoms with E-state index in [-0.39, 0.29) is 8.68 Å². The summed E-state index contributed by atoms with van der Waals surface area (Å²) in [7, 11) is -2.71. The lowest BCUT2D eigenvalue weighted by atomic mass is 10.3. The van der Waals surface area contributed by atoms with Crippen molar-refractivity contribution in [3.05, 3.63) is 28.0 Å². The van der Waals surface area contributed by atoms with Crippen LogP contribution >= 0.6 is 22.9 Å². The van der Waals surface area contributed by atoms with E-state index in [9.17, 15) is 21.6 Å². The lowest BCUT2D eigenvalue weighted by molar-refractivity contribution is -0.141. The summed E-state index contributed by atoms with van der Waals surface area (Å²) in [5.41, 5.74) is -1.64. The van der Waals surface area contributed by atoms with Crippen molar-refractivity contribution in [2.24, 2.45) is 7.05 Å². The Kier molecular flexibility index (Phi) is 3.82. The minimum atomic E-state index is -4.72. The van der Waals surface area contributed by atoms with Crippen LogP contribution in [0.25, 0.3) is 0 Å². The van der Waals surface area contributed by atoms with E-state index < -0.39 is 33.0 Å². The number of aromatic nitrogens is 3. The molecule has 0 aliphatic rings. The topological polar surface area (TPSA) is 64.8 Å². The van der Waals surface area contributed by atoms with Crippen molar-refractivity contribution in [1.29, 1.82) is 0 Å². The molecule has 2 heterocycles. The number of rotatable bonds is 3. The molecule has 0 aromatic carbocycles. The molecule has 5 nitrogen and oxygen atoms in total. The molecule has 0 saturated carbocycles. The zero-order valence-corrected chi connectivity index (χ0v) is 12.2. The van der Waals surface area contributed by atoms with Gasteiger partial charge < -0.3 is 0 Å². The third-order valence-electron chi connectivity index (χ3n) is 2.24. The molecule has 20 heavy (non-hydrogen) atoms. The van der Waals surface area contributed by atoms with Crippen LogP contribution in [0.2, 0.25) is 4.34 Å². The highest BCUT2D eigenvalue weighted by atomic mass is 35.5. The quantitative estimate of drug-likeness (QED) is 0.857. The predicted molar refractivity (Wildman–Crippen MR) is 66.2 cm³/mol. The van der Waals surface area contributed by atoms with Crippen LogP contribution in [0.5, 0.6) is 0 Å². The lowest BCUT2D eigenvalue weighted by Crippen LogP contribution is -2.12. The molecule has 2 aromatic heterocycles. The molecular formula is C9H7ClF3N3O2S2. The van der Waals surface area contributed by atoms with Gasteiger partial charge in [0.2, 0.25) is 14.2 Å². The van der Waals surface area contributed by atoms with Gasteiger partial charge in [-0.05, 0) is 0 Å². The molecule has 0 aliphatic carbocycles. The summed E-state index contributed by atoms with van der Waals surface area (Å²) in [6.07, 6.45) is -2.56. The fourth-order valence-corrected chi connectivity index (χ4v) is 4.23. The number of sulfone groups is 1. The Morgan fingerprint density at radius 2 is 2.10 bits per heavy atom. The zero-order valence-electron chi connectivity index (χ0n) is 9.85. The van der Waals surface area contributed by atoms with Crippen LogP contribution in [0.3, 0.4) is 0 Å². The van der Waals surface area contributed by atoms with Crippen LogP contribution in [-0.4, -0.2) is 23.2 Å². The van der Waals surface area contributed by atoms with Crippen molar-refractivity contribution in [3.8, 4) is 0 Å². The number of halogens is 4. The van der Waals surface area contributed by atoms with Crippen molar-refractivity contribution in [1.82, 2.24) is 14.8 Å². The first kappa shape index (κ1) is 15.3. The van der Waals surface area contributed by atoms with Gasteiger partial charge in [-0.3, -0.25) is 4.68 Å². The highest BCUT2D eigenvalue weighted by Crippen LogP contribution is 2.33. The lowest BCUT2D eigenvalue weighted by Gasteiger charge is -2.05. The van der Waals surface area contributed by atoms with E-state index in [0.29, 0.717) is 11.3 Å². The summed E-state index contributed by atoms with van der Waals surface area (Å²) in [5.74, 6) is -0.834. The van der Waals surface area contributed by atoms with Crippen molar-refractivity contribution in [3.63, 3.8) is 0 Å². The third kappa shape index (κ3) is 3.13. The maximum Gasteiger partial charge on any atom is 0.435 e. The van der Waals surface area contributed by atoms with Crippen molar-refractivity contribution in [2.45, 2.75) is 16.3 Å². The van der Waals surface area contributed by atoms with Crippen LogP contribution in [0.15, 0.2) is 16.7 Å². The van der Waals surface area contributed by atoms with Crippen LogP contribution in [0, 0.1) is 0 Å². The zero-order chi connectivity index (χ0) is 15.1. The first-order valence-electron chi connectivity index (χ1n) is 5.03. The van der Waals surface area contributed by atoms with Crippen molar-refractivity contribution in [2.75, 3.05) is 0 Å². The maximum absolute atomic E-state index is 12.7. The van der Waals surface area contributed by atoms with E-state index in [0.717, 1.165) is 17.1 Å². The Morgan fingerprint density at radius 3 is 2.60 bits per heavy atom. The minimum absolute atomic E-state index is 0.144. The predicted octanol–water partition coefficient (Wildman–Crippen LogP) is 2.52. The normalized spacial score (nSPS) is 12.8. The second-order valence-electron chi connectivity index (χ2n) is 3.86. The molecule has 0 spiro atoms. The molecule has 0 fully saturated rings. The molecule has 0 aliphatic heterocycles. The molecule has 0 radical (unpaired) electrons. The molecule has 2 rings (SSSR count). The number of hydrogen-bond acceptors (Lipinski definition) is 5. The molecule has 0 unspecified atom stereocenters. The minimum Gasteiger partial charge on any atom is -0.275 e. The summed E-state index contributed by atoms with van der Waals surface area (Å²) < 4.78 is 62.9. The van der Waals surface area contributed by atoms with Gasteiger partial charge in [-0.25, -0.2) is 13.4 Å². The van der Waals surface area contributed by atoms with E-state index >= 15 is 0 Å². The average molecular weight is 346 g/mol. The third-order valence-corrected chi connectivity index (χ3v) is 5.49. The number of aryl methyl sites for hydroxylation is 1. The summed E-state index contributed by atoms with van der Waals surface area (Å²) in [6.45, 7) is 0. The first-order valence-corrected chi connectivity index (χ1v) is 7.88. The second kappa shape index (κ2) is 5.01. The number of alkyl halides is 3. The number of thiazole rings is 1. The molecule has 0 saturated heterocycles. The maximum atomic E-state index is 12.7. The molecule has 110 valence electrons.